The van der Waals surface area contributed by atoms with Crippen molar-refractivity contribution in [2.45, 2.75) is 32.2 Å². The minimum atomic E-state index is 0.237. The van der Waals surface area contributed by atoms with E-state index in [1.54, 1.807) is 0 Å². The van der Waals surface area contributed by atoms with Gasteiger partial charge in [-0.3, -0.25) is 9.98 Å². The Balaban J connectivity index is 1.90. The first kappa shape index (κ1) is 13.7. The molecule has 0 atom stereocenters. The molecule has 5 nitrogen and oxygen atoms in total. The second kappa shape index (κ2) is 6.47. The van der Waals surface area contributed by atoms with Crippen LogP contribution in [0.3, 0.4) is 0 Å². The Bertz CT molecular complexity index is 482. The zero-order chi connectivity index (χ0) is 13.7. The Hall–Kier alpha value is -1.69. The van der Waals surface area contributed by atoms with E-state index in [0.29, 0.717) is 18.5 Å². The zero-order valence-corrected chi connectivity index (χ0v) is 11.8. The number of nitrogens with two attached hydrogens (primary N) is 1. The number of aryl methyl sites for hydroxylation is 1. The second-order valence-corrected chi connectivity index (χ2v) is 5.10. The maximum atomic E-state index is 5.48. The number of aliphatic imine (C=N–C) groups is 1. The van der Waals surface area contributed by atoms with Crippen molar-refractivity contribution in [3.05, 3.63) is 29.6 Å². The van der Waals surface area contributed by atoms with Crippen molar-refractivity contribution in [3.63, 3.8) is 0 Å². The Morgan fingerprint density at radius 2 is 2.37 bits per heavy atom. The fourth-order valence-corrected chi connectivity index (χ4v) is 1.81. The first-order valence-corrected chi connectivity index (χ1v) is 6.84. The van der Waals surface area contributed by atoms with Gasteiger partial charge in [-0.05, 0) is 43.6 Å². The highest BCUT2D eigenvalue weighted by Gasteiger charge is 2.22. The topological polar surface area (TPSA) is 75.3 Å². The number of nitrogens with zero attached hydrogens (tertiary/aromatic N) is 2. The van der Waals surface area contributed by atoms with Crippen molar-refractivity contribution in [1.29, 1.82) is 0 Å². The summed E-state index contributed by atoms with van der Waals surface area (Å²) in [7, 11) is 0. The summed E-state index contributed by atoms with van der Waals surface area (Å²) in [6, 6.07) is 4.51. The van der Waals surface area contributed by atoms with Gasteiger partial charge in [0.05, 0.1) is 0 Å². The number of hydrogen-bond donors (Lipinski definition) is 3. The van der Waals surface area contributed by atoms with Crippen molar-refractivity contribution in [3.8, 4) is 0 Å². The van der Waals surface area contributed by atoms with Gasteiger partial charge < -0.3 is 16.4 Å². The van der Waals surface area contributed by atoms with Gasteiger partial charge in [-0.2, -0.15) is 0 Å². The Labute approximate surface area is 118 Å². The van der Waals surface area contributed by atoms with Crippen molar-refractivity contribution >= 4 is 23.3 Å². The van der Waals surface area contributed by atoms with Crippen LogP contribution in [0.25, 0.3) is 0 Å². The number of nitrogens with one attached hydrogen (secondary N) is 2. The number of aromatic nitrogens is 1. The molecule has 102 valence electrons. The molecule has 6 heteroatoms. The molecule has 1 aromatic heterocycles. The van der Waals surface area contributed by atoms with Gasteiger partial charge in [0.1, 0.15) is 0 Å². The maximum Gasteiger partial charge on any atom is 0.197 e. The number of guanidine groups is 1. The molecule has 1 saturated carbocycles. The first-order chi connectivity index (χ1) is 9.15. The summed E-state index contributed by atoms with van der Waals surface area (Å²) in [6.07, 6.45) is 4.97. The molecule has 1 aliphatic carbocycles. The Morgan fingerprint density at radius 3 is 3.00 bits per heavy atom. The SMILES string of the molecule is Cc1cccnc1CCN=C(NC(N)=S)NC1CC1. The van der Waals surface area contributed by atoms with Crippen LogP contribution in [0.5, 0.6) is 0 Å². The molecule has 0 bridgehead atoms. The van der Waals surface area contributed by atoms with Crippen molar-refractivity contribution < 1.29 is 0 Å². The summed E-state index contributed by atoms with van der Waals surface area (Å²) < 4.78 is 0. The minimum Gasteiger partial charge on any atom is -0.376 e. The third kappa shape index (κ3) is 4.82. The number of pyridine rings is 1. The van der Waals surface area contributed by atoms with E-state index in [9.17, 15) is 0 Å². The summed E-state index contributed by atoms with van der Waals surface area (Å²) in [6.45, 7) is 2.71. The van der Waals surface area contributed by atoms with Gasteiger partial charge in [-0.25, -0.2) is 0 Å². The standard InChI is InChI=1S/C13H19N5S/c1-9-3-2-7-15-11(9)6-8-16-13(18-12(14)19)17-10-4-5-10/h2-3,7,10H,4-6,8H2,1H3,(H4,14,16,17,18,19). The molecule has 1 aromatic rings. The van der Waals surface area contributed by atoms with E-state index in [1.165, 1.54) is 18.4 Å². The lowest BCUT2D eigenvalue weighted by atomic mass is 10.2. The van der Waals surface area contributed by atoms with E-state index in [-0.39, 0.29) is 5.11 Å². The van der Waals surface area contributed by atoms with Gasteiger partial charge in [0, 0.05) is 30.9 Å². The van der Waals surface area contributed by atoms with Crippen LogP contribution in [-0.4, -0.2) is 28.6 Å². The van der Waals surface area contributed by atoms with Gasteiger partial charge in [-0.15, -0.1) is 0 Å². The van der Waals surface area contributed by atoms with E-state index < -0.39 is 0 Å². The quantitative estimate of drug-likeness (QED) is 0.433. The molecule has 0 radical (unpaired) electrons. The predicted octanol–water partition coefficient (Wildman–Crippen LogP) is 0.874. The van der Waals surface area contributed by atoms with Gasteiger partial charge >= 0.3 is 0 Å². The van der Waals surface area contributed by atoms with Crippen LogP contribution in [-0.2, 0) is 6.42 Å². The molecule has 0 amide bonds. The Morgan fingerprint density at radius 1 is 1.58 bits per heavy atom. The summed E-state index contributed by atoms with van der Waals surface area (Å²) >= 11 is 4.84. The van der Waals surface area contributed by atoms with E-state index in [1.807, 2.05) is 12.3 Å². The highest BCUT2D eigenvalue weighted by Crippen LogP contribution is 2.18. The molecule has 19 heavy (non-hydrogen) atoms. The lowest BCUT2D eigenvalue weighted by molar-refractivity contribution is 0.845. The molecule has 0 spiro atoms. The van der Waals surface area contributed by atoms with E-state index in [0.717, 1.165) is 12.1 Å². The van der Waals surface area contributed by atoms with Crippen LogP contribution in [0.1, 0.15) is 24.1 Å². The lowest BCUT2D eigenvalue weighted by Gasteiger charge is -2.10. The summed E-state index contributed by atoms with van der Waals surface area (Å²) in [5, 5.41) is 6.39. The first-order valence-electron chi connectivity index (χ1n) is 6.43. The van der Waals surface area contributed by atoms with Crippen molar-refractivity contribution in [2.75, 3.05) is 6.54 Å². The predicted molar refractivity (Wildman–Crippen MR) is 81.1 cm³/mol. The summed E-state index contributed by atoms with van der Waals surface area (Å²) in [4.78, 5) is 8.82. The average molecular weight is 277 g/mol. The number of hydrogen-bond acceptors (Lipinski definition) is 3. The summed E-state index contributed by atoms with van der Waals surface area (Å²) in [5.74, 6) is 0.670. The second-order valence-electron chi connectivity index (χ2n) is 4.66. The monoisotopic (exact) mass is 277 g/mol. The van der Waals surface area contributed by atoms with Crippen LogP contribution in [0.15, 0.2) is 23.3 Å². The van der Waals surface area contributed by atoms with E-state index >= 15 is 0 Å². The fourth-order valence-electron chi connectivity index (χ4n) is 1.71. The molecule has 1 fully saturated rings. The third-order valence-corrected chi connectivity index (χ3v) is 3.00. The van der Waals surface area contributed by atoms with Gasteiger partial charge in [0.2, 0.25) is 0 Å². The van der Waals surface area contributed by atoms with E-state index in [4.69, 9.17) is 18.0 Å². The van der Waals surface area contributed by atoms with Crippen LogP contribution < -0.4 is 16.4 Å². The maximum absolute atomic E-state index is 5.48. The van der Waals surface area contributed by atoms with Crippen LogP contribution in [0.2, 0.25) is 0 Å². The molecule has 0 unspecified atom stereocenters. The highest BCUT2D eigenvalue weighted by molar-refractivity contribution is 7.80. The molecule has 0 aliphatic heterocycles. The zero-order valence-electron chi connectivity index (χ0n) is 11.0. The van der Waals surface area contributed by atoms with Crippen molar-refractivity contribution in [1.82, 2.24) is 15.6 Å². The average Bonchev–Trinajstić information content (AvgIpc) is 3.14. The van der Waals surface area contributed by atoms with Gasteiger partial charge in [0.15, 0.2) is 11.1 Å². The summed E-state index contributed by atoms with van der Waals surface area (Å²) in [5.41, 5.74) is 7.75. The minimum absolute atomic E-state index is 0.237. The Kier molecular flexibility index (Phi) is 4.68. The van der Waals surface area contributed by atoms with Gasteiger partial charge in [-0.1, -0.05) is 6.07 Å². The molecule has 1 heterocycles. The number of thiocarbonyl (C=S) groups is 1. The lowest BCUT2D eigenvalue weighted by Crippen LogP contribution is -2.44. The third-order valence-electron chi connectivity index (χ3n) is 2.90. The smallest absolute Gasteiger partial charge is 0.197 e. The van der Waals surface area contributed by atoms with E-state index in [2.05, 4.69) is 33.6 Å². The largest absolute Gasteiger partial charge is 0.376 e. The highest BCUT2D eigenvalue weighted by atomic mass is 32.1. The molecule has 4 N–H and O–H groups in total. The molecule has 0 saturated heterocycles. The molecular formula is C13H19N5S. The molecule has 0 aromatic carbocycles. The van der Waals surface area contributed by atoms with Crippen LogP contribution >= 0.6 is 12.2 Å². The van der Waals surface area contributed by atoms with Gasteiger partial charge in [0.25, 0.3) is 0 Å². The van der Waals surface area contributed by atoms with Crippen LogP contribution in [0, 0.1) is 6.92 Å². The van der Waals surface area contributed by atoms with Crippen molar-refractivity contribution in [2.24, 2.45) is 10.7 Å². The number of rotatable bonds is 4. The normalized spacial score (nSPS) is 15.1. The van der Waals surface area contributed by atoms with Crippen LogP contribution in [0.4, 0.5) is 0 Å². The fraction of sp³-hybridized carbons (Fsp3) is 0.462. The molecule has 2 rings (SSSR count). The molecule has 1 aliphatic rings. The molecular weight excluding hydrogens is 258 g/mol.